The first kappa shape index (κ1) is 27.1. The molecule has 1 N–H and O–H groups in total. The van der Waals surface area contributed by atoms with E-state index in [4.69, 9.17) is 63.0 Å². The molecular weight excluding hydrogens is 594 g/mol. The van der Waals surface area contributed by atoms with E-state index in [2.05, 4.69) is 15.5 Å². The number of hydrogen-bond donors (Lipinski definition) is 1. The summed E-state index contributed by atoms with van der Waals surface area (Å²) in [7, 11) is 1.34. The summed E-state index contributed by atoms with van der Waals surface area (Å²) in [5, 5.41) is 6.54. The second kappa shape index (κ2) is 11.3. The summed E-state index contributed by atoms with van der Waals surface area (Å²) in [6.45, 7) is 0.654. The number of nitrogens with one attached hydrogen (secondary N) is 1. The number of nitrogens with zero attached hydrogens (tertiary/aromatic N) is 3. The van der Waals surface area contributed by atoms with E-state index in [-0.39, 0.29) is 36.9 Å². The minimum atomic E-state index is -0.318. The molecule has 3 aromatic rings. The maximum Gasteiger partial charge on any atom is 0.282 e. The molecule has 0 aliphatic carbocycles. The molecule has 1 amide bonds. The third-order valence-corrected chi connectivity index (χ3v) is 8.35. The molecule has 0 atom stereocenters. The standard InChI is InChI=1S/C26H19Cl5N4O3/c1-37-38-33-25-17(26(36)35(32-25)16-7-3-2-4-8-16)13-14-9-10-18-15(12-14)6-5-11-34(18)24-22(30)20(28)19(27)21(29)23(24)31/h2-4,7-10,12-13H,5-6,11H2,1H3,(H,32,33)/b17-13-. The van der Waals surface area contributed by atoms with Crippen molar-refractivity contribution in [3.05, 3.63) is 90.3 Å². The van der Waals surface area contributed by atoms with E-state index < -0.39 is 0 Å². The molecule has 12 heteroatoms. The number of halogens is 5. The zero-order valence-electron chi connectivity index (χ0n) is 19.8. The van der Waals surface area contributed by atoms with Crippen LogP contribution < -0.4 is 15.4 Å². The smallest absolute Gasteiger partial charge is 0.282 e. The summed E-state index contributed by atoms with van der Waals surface area (Å²) >= 11 is 32.0. The number of benzene rings is 3. The Morgan fingerprint density at radius 2 is 1.63 bits per heavy atom. The number of hydroxylamine groups is 1. The minimum Gasteiger partial charge on any atom is -0.339 e. The predicted molar refractivity (Wildman–Crippen MR) is 154 cm³/mol. The monoisotopic (exact) mass is 610 g/mol. The average Bonchev–Trinajstić information content (AvgIpc) is 3.24. The molecule has 0 unspecified atom stereocenters. The summed E-state index contributed by atoms with van der Waals surface area (Å²) in [6, 6.07) is 14.9. The summed E-state index contributed by atoms with van der Waals surface area (Å²) in [5.74, 6) is -0.106. The van der Waals surface area contributed by atoms with Crippen LogP contribution in [0.5, 0.6) is 0 Å². The molecule has 38 heavy (non-hydrogen) atoms. The number of amides is 1. The van der Waals surface area contributed by atoms with Crippen molar-refractivity contribution in [3.8, 4) is 0 Å². The minimum absolute atomic E-state index is 0.112. The number of hydrogen-bond acceptors (Lipinski definition) is 6. The molecular formula is C26H19Cl5N4O3. The lowest BCUT2D eigenvalue weighted by Crippen LogP contribution is -2.26. The van der Waals surface area contributed by atoms with Gasteiger partial charge in [0.15, 0.2) is 5.84 Å². The Balaban J connectivity index is 1.52. The molecule has 0 saturated heterocycles. The van der Waals surface area contributed by atoms with E-state index in [0.717, 1.165) is 29.7 Å². The Labute approximate surface area is 243 Å². The molecule has 2 aliphatic rings. The highest BCUT2D eigenvalue weighted by Gasteiger charge is 2.32. The van der Waals surface area contributed by atoms with E-state index in [1.807, 2.05) is 41.3 Å². The van der Waals surface area contributed by atoms with Gasteiger partial charge in [0.1, 0.15) is 0 Å². The molecule has 5 rings (SSSR count). The quantitative estimate of drug-likeness (QED) is 0.104. The van der Waals surface area contributed by atoms with Gasteiger partial charge in [-0.25, -0.2) is 10.4 Å². The largest absolute Gasteiger partial charge is 0.339 e. The Morgan fingerprint density at radius 1 is 0.947 bits per heavy atom. The molecule has 0 saturated carbocycles. The van der Waals surface area contributed by atoms with Crippen molar-refractivity contribution < 1.29 is 14.7 Å². The topological polar surface area (TPSA) is 66.4 Å². The van der Waals surface area contributed by atoms with Gasteiger partial charge in [-0.15, -0.1) is 10.1 Å². The van der Waals surface area contributed by atoms with Gasteiger partial charge in [-0.05, 0) is 54.3 Å². The first-order chi connectivity index (χ1) is 18.3. The van der Waals surface area contributed by atoms with Gasteiger partial charge in [0.05, 0.1) is 49.2 Å². The fourth-order valence-corrected chi connectivity index (χ4v) is 5.71. The Hall–Kier alpha value is -2.49. The van der Waals surface area contributed by atoms with Crippen LogP contribution in [0.25, 0.3) is 6.08 Å². The summed E-state index contributed by atoms with van der Waals surface area (Å²) in [4.78, 5) is 24.8. The molecule has 7 nitrogen and oxygen atoms in total. The lowest BCUT2D eigenvalue weighted by molar-refractivity contribution is -0.300. The third kappa shape index (κ3) is 4.96. The van der Waals surface area contributed by atoms with Crippen LogP contribution in [0.15, 0.2) is 59.2 Å². The van der Waals surface area contributed by atoms with Crippen molar-refractivity contribution in [2.24, 2.45) is 5.10 Å². The van der Waals surface area contributed by atoms with Crippen LogP contribution >= 0.6 is 58.0 Å². The van der Waals surface area contributed by atoms with E-state index in [0.29, 0.717) is 23.5 Å². The number of rotatable bonds is 5. The maximum absolute atomic E-state index is 13.3. The van der Waals surface area contributed by atoms with Gasteiger partial charge in [-0.1, -0.05) is 82.3 Å². The van der Waals surface area contributed by atoms with Crippen LogP contribution in [-0.2, 0) is 21.1 Å². The van der Waals surface area contributed by atoms with Crippen molar-refractivity contribution in [2.75, 3.05) is 23.6 Å². The van der Waals surface area contributed by atoms with Gasteiger partial charge in [-0.3, -0.25) is 4.79 Å². The van der Waals surface area contributed by atoms with Crippen LogP contribution in [0.4, 0.5) is 17.1 Å². The Kier molecular flexibility index (Phi) is 8.07. The van der Waals surface area contributed by atoms with Crippen molar-refractivity contribution in [3.63, 3.8) is 0 Å². The fourth-order valence-electron chi connectivity index (χ4n) is 4.38. The number of anilines is 3. The molecule has 2 heterocycles. The molecule has 0 aromatic heterocycles. The zero-order valence-corrected chi connectivity index (χ0v) is 23.6. The van der Waals surface area contributed by atoms with Gasteiger partial charge in [-0.2, -0.15) is 5.01 Å². The lowest BCUT2D eigenvalue weighted by Gasteiger charge is -2.33. The van der Waals surface area contributed by atoms with Crippen LogP contribution in [0.3, 0.4) is 0 Å². The van der Waals surface area contributed by atoms with E-state index in [1.54, 1.807) is 18.2 Å². The number of hydrazone groups is 1. The van der Waals surface area contributed by atoms with Crippen LogP contribution in [0, 0.1) is 0 Å². The van der Waals surface area contributed by atoms with E-state index in [1.165, 1.54) is 12.1 Å². The van der Waals surface area contributed by atoms with Gasteiger partial charge in [0.25, 0.3) is 5.91 Å². The normalized spacial score (nSPS) is 16.2. The molecule has 0 fully saturated rings. The summed E-state index contributed by atoms with van der Waals surface area (Å²) in [6.07, 6.45) is 3.38. The number of aryl methyl sites for hydroxylation is 1. The van der Waals surface area contributed by atoms with Gasteiger partial charge < -0.3 is 4.90 Å². The van der Waals surface area contributed by atoms with Crippen molar-refractivity contribution in [1.29, 1.82) is 0 Å². The van der Waals surface area contributed by atoms with Crippen LogP contribution in [0.1, 0.15) is 17.5 Å². The molecule has 196 valence electrons. The number of para-hydroxylation sites is 1. The Bertz CT molecular complexity index is 1450. The highest BCUT2D eigenvalue weighted by molar-refractivity contribution is 6.56. The number of amidine groups is 1. The van der Waals surface area contributed by atoms with E-state index >= 15 is 0 Å². The van der Waals surface area contributed by atoms with Crippen molar-refractivity contribution in [2.45, 2.75) is 12.8 Å². The van der Waals surface area contributed by atoms with Crippen molar-refractivity contribution in [1.82, 2.24) is 5.48 Å². The Morgan fingerprint density at radius 3 is 2.32 bits per heavy atom. The summed E-state index contributed by atoms with van der Waals surface area (Å²) in [5.41, 5.74) is 6.72. The van der Waals surface area contributed by atoms with Gasteiger partial charge in [0, 0.05) is 12.2 Å². The highest BCUT2D eigenvalue weighted by atomic mass is 35.5. The number of carbonyl (C=O) groups is 1. The summed E-state index contributed by atoms with van der Waals surface area (Å²) < 4.78 is 0. The number of fused-ring (bicyclic) bond motifs is 1. The molecule has 3 aromatic carbocycles. The number of carbonyl (C=O) groups excluding carboxylic acids is 1. The fraction of sp³-hybridized carbons (Fsp3) is 0.154. The second-order valence-electron chi connectivity index (χ2n) is 8.37. The van der Waals surface area contributed by atoms with Gasteiger partial charge in [0.2, 0.25) is 0 Å². The predicted octanol–water partition coefficient (Wildman–Crippen LogP) is 7.86. The first-order valence-electron chi connectivity index (χ1n) is 11.4. The SMILES string of the molecule is COONC1=NN(c2ccccc2)C(=O)/C1=C\c1ccc2c(c1)CCCN2c1c(Cl)c(Cl)c(Cl)c(Cl)c1Cl. The third-order valence-electron chi connectivity index (χ3n) is 6.09. The average molecular weight is 613 g/mol. The second-order valence-corrected chi connectivity index (χ2v) is 10.3. The van der Waals surface area contributed by atoms with Crippen LogP contribution in [-0.4, -0.2) is 25.4 Å². The van der Waals surface area contributed by atoms with Gasteiger partial charge >= 0.3 is 0 Å². The molecule has 0 radical (unpaired) electrons. The van der Waals surface area contributed by atoms with Crippen LogP contribution in [0.2, 0.25) is 25.1 Å². The molecule has 0 bridgehead atoms. The van der Waals surface area contributed by atoms with Crippen molar-refractivity contribution >= 4 is 92.9 Å². The maximum atomic E-state index is 13.3. The first-order valence-corrected chi connectivity index (χ1v) is 13.3. The van der Waals surface area contributed by atoms with E-state index in [9.17, 15) is 4.79 Å². The molecule has 0 spiro atoms. The zero-order chi connectivity index (χ0) is 27.0. The highest BCUT2D eigenvalue weighted by Crippen LogP contribution is 2.51. The molecule has 2 aliphatic heterocycles. The lowest BCUT2D eigenvalue weighted by atomic mass is 9.97.